The van der Waals surface area contributed by atoms with Crippen LogP contribution in [0.1, 0.15) is 54.5 Å². The van der Waals surface area contributed by atoms with E-state index in [1.165, 1.54) is 18.4 Å². The number of rotatable bonds is 5. The Morgan fingerprint density at radius 2 is 2.03 bits per heavy atom. The highest BCUT2D eigenvalue weighted by molar-refractivity contribution is 6.18. The number of phenols is 1. The number of carbonyl (C=O) groups excluding carboxylic acids is 3. The third-order valence-corrected chi connectivity index (χ3v) is 8.00. The second-order valence-electron chi connectivity index (χ2n) is 10.5. The third-order valence-electron chi connectivity index (χ3n) is 8.00. The van der Waals surface area contributed by atoms with Crippen LogP contribution < -0.4 is 4.74 Å². The van der Waals surface area contributed by atoms with Crippen LogP contribution in [0.2, 0.25) is 0 Å². The average Bonchev–Trinajstić information content (AvgIpc) is 3.42. The van der Waals surface area contributed by atoms with Gasteiger partial charge in [-0.2, -0.15) is 0 Å². The molecule has 3 heterocycles. The Labute approximate surface area is 207 Å². The summed E-state index contributed by atoms with van der Waals surface area (Å²) in [5.74, 6) is -1.59. The van der Waals surface area contributed by atoms with Crippen LogP contribution in [0.3, 0.4) is 0 Å². The number of ether oxygens (including phenoxy) is 3. The fraction of sp³-hybridized carbons (Fsp3) is 0.393. The van der Waals surface area contributed by atoms with E-state index >= 15 is 0 Å². The van der Waals surface area contributed by atoms with Gasteiger partial charge in [0, 0.05) is 23.8 Å². The number of furan rings is 1. The Morgan fingerprint density at radius 3 is 2.78 bits per heavy atom. The van der Waals surface area contributed by atoms with Gasteiger partial charge in [-0.05, 0) is 57.0 Å². The molecule has 36 heavy (non-hydrogen) atoms. The van der Waals surface area contributed by atoms with Crippen LogP contribution in [0, 0.1) is 11.8 Å². The lowest BCUT2D eigenvalue weighted by Crippen LogP contribution is -2.72. The Balaban J connectivity index is 1.39. The number of hydrogen-bond acceptors (Lipinski definition) is 8. The Morgan fingerprint density at radius 1 is 1.22 bits per heavy atom. The molecule has 2 aromatic rings. The molecular formula is C28H26O8. The molecule has 0 unspecified atom stereocenters. The molecule has 186 valence electrons. The smallest absolute Gasteiger partial charge is 0.374 e. The van der Waals surface area contributed by atoms with Crippen LogP contribution in [0.4, 0.5) is 0 Å². The lowest BCUT2D eigenvalue weighted by atomic mass is 9.51. The highest BCUT2D eigenvalue weighted by atomic mass is 16.6. The molecule has 1 aromatic carbocycles. The molecule has 3 aliphatic carbocycles. The second kappa shape index (κ2) is 7.43. The first-order valence-electron chi connectivity index (χ1n) is 12.0. The molecule has 1 spiro atoms. The molecule has 1 aromatic heterocycles. The highest BCUT2D eigenvalue weighted by Crippen LogP contribution is 2.67. The van der Waals surface area contributed by atoms with E-state index in [-0.39, 0.29) is 53.3 Å². The number of Topliss-reactive ketones (excluding diaryl/α,β-unsaturated/α-hetero) is 2. The van der Waals surface area contributed by atoms with Gasteiger partial charge in [-0.1, -0.05) is 18.2 Å². The van der Waals surface area contributed by atoms with E-state index in [9.17, 15) is 19.5 Å². The summed E-state index contributed by atoms with van der Waals surface area (Å²) >= 11 is 0. The quantitative estimate of drug-likeness (QED) is 0.491. The van der Waals surface area contributed by atoms with Crippen molar-refractivity contribution in [3.8, 4) is 11.5 Å². The van der Waals surface area contributed by atoms with Gasteiger partial charge in [0.25, 0.3) is 0 Å². The number of fused-ring (bicyclic) bond motifs is 1. The molecule has 7 rings (SSSR count). The number of carbonyl (C=O) groups is 3. The minimum atomic E-state index is -1.43. The summed E-state index contributed by atoms with van der Waals surface area (Å²) in [7, 11) is 0. The van der Waals surface area contributed by atoms with Crippen LogP contribution >= 0.6 is 0 Å². The van der Waals surface area contributed by atoms with Crippen LogP contribution in [0.15, 0.2) is 64.3 Å². The van der Waals surface area contributed by atoms with Crippen molar-refractivity contribution in [1.82, 2.24) is 0 Å². The van der Waals surface area contributed by atoms with Crippen molar-refractivity contribution in [3.63, 3.8) is 0 Å². The van der Waals surface area contributed by atoms with Crippen molar-refractivity contribution in [2.45, 2.75) is 50.4 Å². The molecule has 8 heteroatoms. The van der Waals surface area contributed by atoms with Gasteiger partial charge in [-0.3, -0.25) is 9.59 Å². The first kappa shape index (κ1) is 22.8. The van der Waals surface area contributed by atoms with Gasteiger partial charge in [0.05, 0.1) is 11.9 Å². The molecule has 4 atom stereocenters. The van der Waals surface area contributed by atoms with Gasteiger partial charge in [-0.25, -0.2) is 4.79 Å². The maximum Gasteiger partial charge on any atom is 0.374 e. The van der Waals surface area contributed by atoms with E-state index in [2.05, 4.69) is 0 Å². The number of benzene rings is 1. The fourth-order valence-corrected chi connectivity index (χ4v) is 6.49. The van der Waals surface area contributed by atoms with E-state index in [1.54, 1.807) is 31.2 Å². The Kier molecular flexibility index (Phi) is 4.70. The van der Waals surface area contributed by atoms with Crippen molar-refractivity contribution in [2.75, 3.05) is 6.61 Å². The summed E-state index contributed by atoms with van der Waals surface area (Å²) in [5.41, 5.74) is -2.30. The normalized spacial score (nSPS) is 31.4. The van der Waals surface area contributed by atoms with Gasteiger partial charge >= 0.3 is 5.97 Å². The van der Waals surface area contributed by atoms with E-state index in [0.717, 1.165) is 0 Å². The summed E-state index contributed by atoms with van der Waals surface area (Å²) in [5, 5.41) is 10.4. The summed E-state index contributed by atoms with van der Waals surface area (Å²) in [6.45, 7) is 5.65. The summed E-state index contributed by atoms with van der Waals surface area (Å²) < 4.78 is 23.6. The average molecular weight is 491 g/mol. The predicted octanol–water partition coefficient (Wildman–Crippen LogP) is 4.19. The van der Waals surface area contributed by atoms with Gasteiger partial charge in [-0.15, -0.1) is 0 Å². The molecule has 1 N–H and O–H groups in total. The fourth-order valence-electron chi connectivity index (χ4n) is 6.49. The standard InChI is InChI=1S/C28H26O8/c1-15(14-34-25(32)20-8-5-11-33-20)9-10-27-24(31)16-12-17-23(30)22-18(29)6-4-7-19(22)35-28(17,27)21(13-16)26(2,3)36-27/h4-9,11-12,16,21,29H,10,13-14H2,1-3H3/b15-9-/t16-,21+,27+,28-/m1/s1. The molecule has 2 fully saturated rings. The summed E-state index contributed by atoms with van der Waals surface area (Å²) in [6, 6.07) is 7.82. The van der Waals surface area contributed by atoms with E-state index in [4.69, 9.17) is 18.6 Å². The SMILES string of the molecule is C/C(=C/C[C@@]12OC(C)(C)[C@@H]3C[C@@H](C=C4C(=O)c5c(O)cccc5O[C@]431)C2=O)COC(=O)c1ccco1. The molecule has 2 aliphatic heterocycles. The molecule has 8 nitrogen and oxygen atoms in total. The lowest BCUT2D eigenvalue weighted by Gasteiger charge is -2.56. The minimum Gasteiger partial charge on any atom is -0.507 e. The molecule has 4 bridgehead atoms. The first-order chi connectivity index (χ1) is 17.1. The minimum absolute atomic E-state index is 0.00619. The van der Waals surface area contributed by atoms with Crippen LogP contribution in [-0.2, 0) is 14.3 Å². The first-order valence-corrected chi connectivity index (χ1v) is 12.0. The van der Waals surface area contributed by atoms with Crippen molar-refractivity contribution in [2.24, 2.45) is 11.8 Å². The number of phenolic OH excluding ortho intramolecular Hbond substituents is 1. The number of aromatic hydroxyl groups is 1. The number of allylic oxidation sites excluding steroid dienone is 1. The van der Waals surface area contributed by atoms with Crippen LogP contribution in [-0.4, -0.2) is 46.1 Å². The zero-order chi connectivity index (χ0) is 25.5. The van der Waals surface area contributed by atoms with Crippen molar-refractivity contribution in [1.29, 1.82) is 0 Å². The number of ketones is 2. The lowest BCUT2D eigenvalue weighted by molar-refractivity contribution is -0.171. The monoisotopic (exact) mass is 490 g/mol. The van der Waals surface area contributed by atoms with Gasteiger partial charge in [0.1, 0.15) is 23.7 Å². The summed E-state index contributed by atoms with van der Waals surface area (Å²) in [6.07, 6.45) is 5.57. The predicted molar refractivity (Wildman–Crippen MR) is 126 cm³/mol. The van der Waals surface area contributed by atoms with Gasteiger partial charge < -0.3 is 23.7 Å². The maximum atomic E-state index is 13.9. The van der Waals surface area contributed by atoms with Gasteiger partial charge in [0.2, 0.25) is 5.76 Å². The highest BCUT2D eigenvalue weighted by Gasteiger charge is 2.81. The third kappa shape index (κ3) is 2.82. The van der Waals surface area contributed by atoms with Gasteiger partial charge in [0.15, 0.2) is 22.8 Å². The number of hydrogen-bond donors (Lipinski definition) is 1. The zero-order valence-corrected chi connectivity index (χ0v) is 20.2. The number of esters is 1. The summed E-state index contributed by atoms with van der Waals surface area (Å²) in [4.78, 5) is 39.7. The Hall–Kier alpha value is -3.65. The van der Waals surface area contributed by atoms with E-state index in [1.807, 2.05) is 19.9 Å². The van der Waals surface area contributed by atoms with Crippen LogP contribution in [0.5, 0.6) is 11.5 Å². The second-order valence-corrected chi connectivity index (χ2v) is 10.5. The van der Waals surface area contributed by atoms with Crippen molar-refractivity contribution in [3.05, 3.63) is 71.2 Å². The van der Waals surface area contributed by atoms with Crippen molar-refractivity contribution >= 4 is 17.5 Å². The topological polar surface area (TPSA) is 112 Å². The maximum absolute atomic E-state index is 13.9. The Bertz CT molecular complexity index is 1360. The van der Waals surface area contributed by atoms with E-state index in [0.29, 0.717) is 17.6 Å². The molecule has 1 saturated carbocycles. The molecule has 1 saturated heterocycles. The molecule has 0 radical (unpaired) electrons. The molecule has 0 amide bonds. The largest absolute Gasteiger partial charge is 0.507 e. The molecular weight excluding hydrogens is 464 g/mol. The molecule has 5 aliphatic rings. The van der Waals surface area contributed by atoms with Crippen LogP contribution in [0.25, 0.3) is 0 Å². The van der Waals surface area contributed by atoms with E-state index < -0.39 is 28.7 Å². The van der Waals surface area contributed by atoms with Crippen molar-refractivity contribution < 1.29 is 38.1 Å². The zero-order valence-electron chi connectivity index (χ0n) is 20.2.